The van der Waals surface area contributed by atoms with E-state index in [-0.39, 0.29) is 16.4 Å². The summed E-state index contributed by atoms with van der Waals surface area (Å²) in [6.07, 6.45) is 1.51. The zero-order valence-corrected chi connectivity index (χ0v) is 25.3. The van der Waals surface area contributed by atoms with Crippen molar-refractivity contribution in [3.8, 4) is 0 Å². The highest BCUT2D eigenvalue weighted by atomic mass is 35.5. The number of hydrogen-bond acceptors (Lipinski definition) is 6. The molecule has 198 valence electrons. The lowest BCUT2D eigenvalue weighted by Crippen LogP contribution is -2.09. The molecule has 5 rings (SSSR count). The van der Waals surface area contributed by atoms with Gasteiger partial charge < -0.3 is 0 Å². The van der Waals surface area contributed by atoms with Crippen molar-refractivity contribution in [1.82, 2.24) is 9.66 Å². The zero-order valence-electron chi connectivity index (χ0n) is 19.1. The maximum atomic E-state index is 11.8. The Hall–Kier alpha value is -2.01. The number of benzene rings is 4. The fraction of sp³-hybridized carbons (Fsp3) is 0. The van der Waals surface area contributed by atoms with Gasteiger partial charge in [-0.05, 0) is 54.6 Å². The molecule has 0 amide bonds. The van der Waals surface area contributed by atoms with Gasteiger partial charge in [0.25, 0.3) is 5.69 Å². The molecule has 14 heteroatoms. The van der Waals surface area contributed by atoms with E-state index in [4.69, 9.17) is 69.6 Å². The van der Waals surface area contributed by atoms with Crippen LogP contribution in [0.1, 0.15) is 0 Å². The number of fused-ring (bicyclic) bond motifs is 1. The number of hydrogen-bond donors (Lipinski definition) is 1. The Labute approximate surface area is 260 Å². The van der Waals surface area contributed by atoms with Crippen molar-refractivity contribution < 1.29 is 4.92 Å². The molecule has 0 saturated heterocycles. The van der Waals surface area contributed by atoms with E-state index in [0.717, 1.165) is 9.79 Å². The molecule has 1 N–H and O–H groups in total. The van der Waals surface area contributed by atoms with Crippen molar-refractivity contribution in [3.05, 3.63) is 107 Å². The molecular formula is C25H12Cl6N4O2S2. The Morgan fingerprint density at radius 1 is 0.718 bits per heavy atom. The maximum Gasteiger partial charge on any atom is 0.295 e. The van der Waals surface area contributed by atoms with E-state index in [1.165, 1.54) is 35.9 Å². The van der Waals surface area contributed by atoms with Crippen LogP contribution >= 0.6 is 93.1 Å². The van der Waals surface area contributed by atoms with E-state index >= 15 is 0 Å². The summed E-state index contributed by atoms with van der Waals surface area (Å²) in [4.78, 5) is 18.5. The largest absolute Gasteiger partial charge is 0.295 e. The van der Waals surface area contributed by atoms with Crippen molar-refractivity contribution >= 4 is 116 Å². The summed E-state index contributed by atoms with van der Waals surface area (Å²) in [5.41, 5.74) is 4.24. The molecule has 0 aliphatic heterocycles. The number of nitrogens with zero attached hydrogens (tertiary/aromatic N) is 3. The van der Waals surface area contributed by atoms with Gasteiger partial charge in [0.05, 0.1) is 36.0 Å². The Morgan fingerprint density at radius 2 is 1.26 bits per heavy atom. The molecular weight excluding hydrogens is 665 g/mol. The average Bonchev–Trinajstić information content (AvgIpc) is 3.25. The van der Waals surface area contributed by atoms with Crippen LogP contribution in [0, 0.1) is 10.1 Å². The lowest BCUT2D eigenvalue weighted by molar-refractivity contribution is -0.384. The highest BCUT2D eigenvalue weighted by Crippen LogP contribution is 2.43. The minimum absolute atomic E-state index is 0.193. The van der Waals surface area contributed by atoms with Crippen LogP contribution in [-0.4, -0.2) is 14.6 Å². The summed E-state index contributed by atoms with van der Waals surface area (Å²) >= 11 is 40.3. The fourth-order valence-electron chi connectivity index (χ4n) is 3.52. The number of nitro groups is 1. The molecule has 0 radical (unpaired) electrons. The quantitative estimate of drug-likeness (QED) is 0.137. The van der Waals surface area contributed by atoms with Crippen LogP contribution in [0.3, 0.4) is 0 Å². The number of halogens is 6. The van der Waals surface area contributed by atoms with Crippen molar-refractivity contribution in [3.63, 3.8) is 0 Å². The number of aromatic nitrogens is 2. The van der Waals surface area contributed by atoms with Crippen LogP contribution in [-0.2, 0) is 0 Å². The molecule has 0 spiro atoms. The monoisotopic (exact) mass is 674 g/mol. The SMILES string of the molecule is O=[N+]([O-])c1cc(Cl)c(Sc2ccc(Cl)cc2Cl)cc1Nn1cnc2cc(Sc3ccc(Cl)cc3Cl)c(Cl)cc21. The molecule has 0 aliphatic carbocycles. The molecule has 1 heterocycles. The molecule has 0 bridgehead atoms. The summed E-state index contributed by atoms with van der Waals surface area (Å²) in [5, 5.41) is 14.4. The van der Waals surface area contributed by atoms with Gasteiger partial charge in [0.15, 0.2) is 0 Å². The van der Waals surface area contributed by atoms with E-state index < -0.39 is 4.92 Å². The fourth-order valence-corrected chi connectivity index (χ4v) is 6.84. The summed E-state index contributed by atoms with van der Waals surface area (Å²) in [6.45, 7) is 0. The van der Waals surface area contributed by atoms with Crippen LogP contribution in [0.5, 0.6) is 0 Å². The van der Waals surface area contributed by atoms with Crippen LogP contribution in [0.25, 0.3) is 11.0 Å². The normalized spacial score (nSPS) is 11.2. The second kappa shape index (κ2) is 11.8. The Morgan fingerprint density at radius 3 is 1.82 bits per heavy atom. The Balaban J connectivity index is 1.49. The molecule has 0 unspecified atom stereocenters. The van der Waals surface area contributed by atoms with Crippen LogP contribution in [0.4, 0.5) is 11.4 Å². The molecule has 5 aromatic rings. The number of anilines is 1. The van der Waals surface area contributed by atoms with E-state index in [1.807, 2.05) is 12.1 Å². The summed E-state index contributed by atoms with van der Waals surface area (Å²) in [6, 6.07) is 16.7. The molecule has 1 aromatic heterocycles. The topological polar surface area (TPSA) is 73.0 Å². The van der Waals surface area contributed by atoms with Crippen molar-refractivity contribution in [2.75, 3.05) is 5.43 Å². The minimum atomic E-state index is -0.519. The second-order valence-corrected chi connectivity index (χ2v) is 12.6. The molecule has 39 heavy (non-hydrogen) atoms. The Bertz CT molecular complexity index is 1770. The van der Waals surface area contributed by atoms with Gasteiger partial charge in [-0.3, -0.25) is 15.5 Å². The van der Waals surface area contributed by atoms with Gasteiger partial charge in [-0.2, -0.15) is 0 Å². The Kier molecular flexibility index (Phi) is 8.66. The highest BCUT2D eigenvalue weighted by Gasteiger charge is 2.20. The van der Waals surface area contributed by atoms with Gasteiger partial charge in [0.2, 0.25) is 0 Å². The number of nitro benzene ring substituents is 1. The summed E-state index contributed by atoms with van der Waals surface area (Å²) < 4.78 is 1.55. The number of nitrogens with one attached hydrogen (secondary N) is 1. The van der Waals surface area contributed by atoms with E-state index in [9.17, 15) is 10.1 Å². The van der Waals surface area contributed by atoms with Gasteiger partial charge in [0, 0.05) is 35.7 Å². The van der Waals surface area contributed by atoms with Crippen LogP contribution in [0.2, 0.25) is 30.1 Å². The van der Waals surface area contributed by atoms with Crippen molar-refractivity contribution in [1.29, 1.82) is 0 Å². The van der Waals surface area contributed by atoms with Gasteiger partial charge in [0.1, 0.15) is 12.0 Å². The first-order valence-corrected chi connectivity index (χ1v) is 14.7. The van der Waals surface area contributed by atoms with Gasteiger partial charge >= 0.3 is 0 Å². The first-order chi connectivity index (χ1) is 18.6. The van der Waals surface area contributed by atoms with Gasteiger partial charge in [-0.25, -0.2) is 9.66 Å². The lowest BCUT2D eigenvalue weighted by atomic mass is 10.2. The first kappa shape index (κ1) is 28.5. The van der Waals surface area contributed by atoms with Gasteiger partial charge in [-0.15, -0.1) is 0 Å². The summed E-state index contributed by atoms with van der Waals surface area (Å²) in [7, 11) is 0. The second-order valence-electron chi connectivity index (χ2n) is 7.91. The smallest absolute Gasteiger partial charge is 0.286 e. The van der Waals surface area contributed by atoms with Crippen LogP contribution < -0.4 is 5.43 Å². The van der Waals surface area contributed by atoms with Crippen LogP contribution in [0.15, 0.2) is 86.6 Å². The van der Waals surface area contributed by atoms with E-state index in [1.54, 1.807) is 47.1 Å². The van der Waals surface area contributed by atoms with Gasteiger partial charge in [-0.1, -0.05) is 93.1 Å². The third-order valence-electron chi connectivity index (χ3n) is 5.32. The zero-order chi connectivity index (χ0) is 27.8. The average molecular weight is 677 g/mol. The van der Waals surface area contributed by atoms with Crippen molar-refractivity contribution in [2.24, 2.45) is 0 Å². The minimum Gasteiger partial charge on any atom is -0.286 e. The molecule has 0 saturated carbocycles. The number of rotatable bonds is 7. The maximum absolute atomic E-state index is 11.8. The molecule has 4 aromatic carbocycles. The molecule has 0 aliphatic rings. The standard InChI is InChI=1S/C25H12Cl6N4O2S2/c26-12-1-3-22(14(28)5-12)38-24-9-18-20(7-16(24)30)34(11-32-18)33-19-10-25(17(31)8-21(19)35(36)37)39-23-4-2-13(27)6-15(23)29/h1-11,33H. The van der Waals surface area contributed by atoms with E-state index in [2.05, 4.69) is 10.4 Å². The van der Waals surface area contributed by atoms with Crippen molar-refractivity contribution in [2.45, 2.75) is 19.6 Å². The first-order valence-electron chi connectivity index (χ1n) is 10.8. The third kappa shape index (κ3) is 6.34. The molecule has 0 fully saturated rings. The van der Waals surface area contributed by atoms with E-state index in [0.29, 0.717) is 45.9 Å². The third-order valence-corrected chi connectivity index (χ3v) is 9.75. The summed E-state index contributed by atoms with van der Waals surface area (Å²) in [5.74, 6) is 0. The molecule has 6 nitrogen and oxygen atoms in total. The highest BCUT2D eigenvalue weighted by molar-refractivity contribution is 7.99. The predicted octanol–water partition coefficient (Wildman–Crippen LogP) is 11.0. The number of imidazole rings is 1. The predicted molar refractivity (Wildman–Crippen MR) is 163 cm³/mol. The molecule has 0 atom stereocenters. The lowest BCUT2D eigenvalue weighted by Gasteiger charge is -2.13.